The lowest BCUT2D eigenvalue weighted by atomic mass is 10.2. The molecule has 0 saturated carbocycles. The van der Waals surface area contributed by atoms with Crippen molar-refractivity contribution in [1.82, 2.24) is 0 Å². The van der Waals surface area contributed by atoms with Crippen LogP contribution in [0.2, 0.25) is 10.0 Å². The molecule has 0 aliphatic rings. The fourth-order valence-electron chi connectivity index (χ4n) is 1.56. The minimum atomic E-state index is -0.578. The number of benzene rings is 2. The van der Waals surface area contributed by atoms with E-state index in [0.29, 0.717) is 12.3 Å². The van der Waals surface area contributed by atoms with Gasteiger partial charge in [0.15, 0.2) is 0 Å². The van der Waals surface area contributed by atoms with Gasteiger partial charge in [0.05, 0.1) is 15.0 Å². The second kappa shape index (κ2) is 6.09. The summed E-state index contributed by atoms with van der Waals surface area (Å²) in [5.74, 6) is 0.480. The van der Waals surface area contributed by atoms with Gasteiger partial charge >= 0.3 is 5.69 Å². The molecule has 0 radical (unpaired) electrons. The number of ether oxygens (including phenoxy) is 1. The Balaban J connectivity index is 2.36. The maximum Gasteiger partial charge on any atom is 0.313 e. The van der Waals surface area contributed by atoms with Crippen LogP contribution in [0.4, 0.5) is 5.69 Å². The van der Waals surface area contributed by atoms with Gasteiger partial charge in [-0.3, -0.25) is 10.1 Å². The van der Waals surface area contributed by atoms with Gasteiger partial charge in [-0.25, -0.2) is 0 Å². The average Bonchev–Trinajstić information content (AvgIpc) is 2.43. The van der Waals surface area contributed by atoms with E-state index >= 15 is 0 Å². The third kappa shape index (κ3) is 3.19. The Hall–Kier alpha value is -1.82. The molecule has 20 heavy (non-hydrogen) atoms. The molecule has 2 rings (SSSR count). The predicted octanol–water partition coefficient (Wildman–Crippen LogP) is 4.15. The maximum absolute atomic E-state index is 11.0. The smallest absolute Gasteiger partial charge is 0.313 e. The normalized spacial score (nSPS) is 10.3. The minimum Gasteiger partial charge on any atom is -0.450 e. The molecule has 0 amide bonds. The van der Waals surface area contributed by atoms with E-state index in [1.807, 2.05) is 0 Å². The number of hydrogen-bond acceptors (Lipinski definition) is 4. The maximum atomic E-state index is 11.0. The Kier molecular flexibility index (Phi) is 4.44. The van der Waals surface area contributed by atoms with Crippen LogP contribution in [0, 0.1) is 10.1 Å². The van der Waals surface area contributed by atoms with E-state index in [-0.39, 0.29) is 21.5 Å². The van der Waals surface area contributed by atoms with Crippen molar-refractivity contribution in [3.05, 3.63) is 62.1 Å². The second-order valence-electron chi connectivity index (χ2n) is 3.94. The standard InChI is InChI=1S/C13H10Cl2N2O3/c14-10-5-12(17(18)19)13(6-11(10)15)20-9-3-1-8(7-16)2-4-9/h1-6H,7,16H2. The van der Waals surface area contributed by atoms with Crippen molar-refractivity contribution < 1.29 is 9.66 Å². The van der Waals surface area contributed by atoms with Crippen LogP contribution < -0.4 is 10.5 Å². The molecule has 0 heterocycles. The molecule has 0 unspecified atom stereocenters. The molecule has 0 saturated heterocycles. The first-order valence-corrected chi connectivity index (χ1v) is 6.37. The molecule has 7 heteroatoms. The van der Waals surface area contributed by atoms with Crippen LogP contribution in [0.15, 0.2) is 36.4 Å². The van der Waals surface area contributed by atoms with Gasteiger partial charge in [0.25, 0.3) is 0 Å². The first-order valence-electron chi connectivity index (χ1n) is 5.61. The summed E-state index contributed by atoms with van der Waals surface area (Å²) in [5.41, 5.74) is 6.17. The van der Waals surface area contributed by atoms with Gasteiger partial charge in [0, 0.05) is 18.7 Å². The number of nitrogens with zero attached hydrogens (tertiary/aromatic N) is 1. The Bertz CT molecular complexity index is 645. The molecule has 2 N–H and O–H groups in total. The first-order chi connectivity index (χ1) is 9.51. The number of rotatable bonds is 4. The number of nitrogens with two attached hydrogens (primary N) is 1. The Morgan fingerprint density at radius 2 is 1.75 bits per heavy atom. The van der Waals surface area contributed by atoms with Crippen LogP contribution in [0.1, 0.15) is 5.56 Å². The monoisotopic (exact) mass is 312 g/mol. The summed E-state index contributed by atoms with van der Waals surface area (Å²) in [7, 11) is 0. The van der Waals surface area contributed by atoms with Crippen LogP contribution in [0.5, 0.6) is 11.5 Å². The fourth-order valence-corrected chi connectivity index (χ4v) is 1.87. The zero-order chi connectivity index (χ0) is 14.7. The van der Waals surface area contributed by atoms with Crippen molar-refractivity contribution in [2.45, 2.75) is 6.54 Å². The van der Waals surface area contributed by atoms with Gasteiger partial charge in [-0.2, -0.15) is 0 Å². The van der Waals surface area contributed by atoms with Crippen LogP contribution in [-0.2, 0) is 6.54 Å². The van der Waals surface area contributed by atoms with Crippen molar-refractivity contribution in [2.75, 3.05) is 0 Å². The van der Waals surface area contributed by atoms with Crippen molar-refractivity contribution in [2.24, 2.45) is 5.73 Å². The lowest BCUT2D eigenvalue weighted by Gasteiger charge is -2.08. The van der Waals surface area contributed by atoms with Gasteiger partial charge in [0.1, 0.15) is 5.75 Å². The van der Waals surface area contributed by atoms with E-state index in [0.717, 1.165) is 11.6 Å². The Labute approximate surface area is 125 Å². The van der Waals surface area contributed by atoms with Crippen molar-refractivity contribution in [3.63, 3.8) is 0 Å². The summed E-state index contributed by atoms with van der Waals surface area (Å²) in [6.45, 7) is 0.410. The quantitative estimate of drug-likeness (QED) is 0.679. The second-order valence-corrected chi connectivity index (χ2v) is 4.76. The molecule has 0 fully saturated rings. The van der Waals surface area contributed by atoms with E-state index in [1.165, 1.54) is 6.07 Å². The lowest BCUT2D eigenvalue weighted by Crippen LogP contribution is -1.96. The van der Waals surface area contributed by atoms with Gasteiger partial charge in [-0.05, 0) is 17.7 Å². The highest BCUT2D eigenvalue weighted by Gasteiger charge is 2.19. The van der Waals surface area contributed by atoms with E-state index in [1.54, 1.807) is 24.3 Å². The third-order valence-electron chi connectivity index (χ3n) is 2.59. The molecular weight excluding hydrogens is 303 g/mol. The number of nitro benzene ring substituents is 1. The largest absolute Gasteiger partial charge is 0.450 e. The van der Waals surface area contributed by atoms with Gasteiger partial charge < -0.3 is 10.5 Å². The minimum absolute atomic E-state index is 0.0323. The predicted molar refractivity (Wildman–Crippen MR) is 77.5 cm³/mol. The zero-order valence-corrected chi connectivity index (χ0v) is 11.7. The van der Waals surface area contributed by atoms with Crippen LogP contribution in [-0.4, -0.2) is 4.92 Å². The fraction of sp³-hybridized carbons (Fsp3) is 0.0769. The topological polar surface area (TPSA) is 78.4 Å². The molecule has 0 aliphatic carbocycles. The van der Waals surface area contributed by atoms with Crippen molar-refractivity contribution in [1.29, 1.82) is 0 Å². The highest BCUT2D eigenvalue weighted by atomic mass is 35.5. The molecular formula is C13H10Cl2N2O3. The Morgan fingerprint density at radius 3 is 2.30 bits per heavy atom. The van der Waals surface area contributed by atoms with Crippen LogP contribution in [0.3, 0.4) is 0 Å². The molecule has 5 nitrogen and oxygen atoms in total. The van der Waals surface area contributed by atoms with Crippen molar-refractivity contribution in [3.8, 4) is 11.5 Å². The average molecular weight is 313 g/mol. The van der Waals surface area contributed by atoms with Crippen LogP contribution in [0.25, 0.3) is 0 Å². The number of halogens is 2. The Morgan fingerprint density at radius 1 is 1.15 bits per heavy atom. The van der Waals surface area contributed by atoms with Crippen molar-refractivity contribution >= 4 is 28.9 Å². The molecule has 0 bridgehead atoms. The highest BCUT2D eigenvalue weighted by molar-refractivity contribution is 6.42. The van der Waals surface area contributed by atoms with Gasteiger partial charge in [0.2, 0.25) is 5.75 Å². The number of hydrogen-bond donors (Lipinski definition) is 1. The summed E-state index contributed by atoms with van der Waals surface area (Å²) < 4.78 is 5.48. The summed E-state index contributed by atoms with van der Waals surface area (Å²) in [6.07, 6.45) is 0. The van der Waals surface area contributed by atoms with E-state index in [2.05, 4.69) is 0 Å². The third-order valence-corrected chi connectivity index (χ3v) is 3.31. The number of nitro groups is 1. The SMILES string of the molecule is NCc1ccc(Oc2cc(Cl)c(Cl)cc2[N+](=O)[O-])cc1. The van der Waals surface area contributed by atoms with Gasteiger partial charge in [-0.1, -0.05) is 35.3 Å². The molecule has 0 aromatic heterocycles. The molecule has 2 aromatic carbocycles. The van der Waals surface area contributed by atoms with E-state index < -0.39 is 4.92 Å². The molecule has 104 valence electrons. The zero-order valence-electron chi connectivity index (χ0n) is 10.2. The van der Waals surface area contributed by atoms with E-state index in [9.17, 15) is 10.1 Å². The summed E-state index contributed by atoms with van der Waals surface area (Å²) in [5, 5.41) is 11.3. The van der Waals surface area contributed by atoms with E-state index in [4.69, 9.17) is 33.7 Å². The van der Waals surface area contributed by atoms with Gasteiger partial charge in [-0.15, -0.1) is 0 Å². The molecule has 0 spiro atoms. The molecule has 0 aliphatic heterocycles. The highest BCUT2D eigenvalue weighted by Crippen LogP contribution is 2.38. The summed E-state index contributed by atoms with van der Waals surface area (Å²) in [6, 6.07) is 9.38. The van der Waals surface area contributed by atoms with Crippen LogP contribution >= 0.6 is 23.2 Å². The summed E-state index contributed by atoms with van der Waals surface area (Å²) >= 11 is 11.6. The summed E-state index contributed by atoms with van der Waals surface area (Å²) in [4.78, 5) is 10.4. The molecule has 2 aromatic rings. The first kappa shape index (κ1) is 14.6. The molecule has 0 atom stereocenters. The lowest BCUT2D eigenvalue weighted by molar-refractivity contribution is -0.385.